The standard InChI is InChI=1S/C11H10ClNO2/c1-6-4-2-3-5-7(6)8-9(12)11(15)13-10(8)14/h2-5,8-9H,1H3,(H,13,14,15). The molecule has 3 nitrogen and oxygen atoms in total. The van der Waals surface area contributed by atoms with Crippen LogP contribution in [0, 0.1) is 6.92 Å². The summed E-state index contributed by atoms with van der Waals surface area (Å²) >= 11 is 5.90. The van der Waals surface area contributed by atoms with Crippen molar-refractivity contribution in [2.75, 3.05) is 0 Å². The summed E-state index contributed by atoms with van der Waals surface area (Å²) in [5.74, 6) is -1.27. The number of alkyl halides is 1. The molecule has 2 unspecified atom stereocenters. The van der Waals surface area contributed by atoms with Gasteiger partial charge in [-0.15, -0.1) is 11.6 Å². The van der Waals surface area contributed by atoms with Crippen LogP contribution in [0.25, 0.3) is 0 Å². The lowest BCUT2D eigenvalue weighted by molar-refractivity contribution is -0.125. The van der Waals surface area contributed by atoms with Gasteiger partial charge in [0.2, 0.25) is 11.8 Å². The van der Waals surface area contributed by atoms with E-state index in [0.29, 0.717) is 0 Å². The third-order valence-electron chi connectivity index (χ3n) is 2.60. The van der Waals surface area contributed by atoms with E-state index in [9.17, 15) is 9.59 Å². The van der Waals surface area contributed by atoms with E-state index >= 15 is 0 Å². The van der Waals surface area contributed by atoms with Crippen molar-refractivity contribution in [1.29, 1.82) is 0 Å². The number of benzene rings is 1. The van der Waals surface area contributed by atoms with Gasteiger partial charge in [-0.05, 0) is 18.1 Å². The zero-order chi connectivity index (χ0) is 11.0. The quantitative estimate of drug-likeness (QED) is 0.577. The van der Waals surface area contributed by atoms with Crippen LogP contribution < -0.4 is 5.32 Å². The van der Waals surface area contributed by atoms with Crippen LogP contribution in [-0.2, 0) is 9.59 Å². The second kappa shape index (κ2) is 3.66. The van der Waals surface area contributed by atoms with Crippen LogP contribution >= 0.6 is 11.6 Å². The Bertz CT molecular complexity index is 430. The third-order valence-corrected chi connectivity index (χ3v) is 3.05. The Kier molecular flexibility index (Phi) is 2.49. The van der Waals surface area contributed by atoms with Gasteiger partial charge in [0.15, 0.2) is 0 Å². The fraction of sp³-hybridized carbons (Fsp3) is 0.273. The highest BCUT2D eigenvalue weighted by molar-refractivity contribution is 6.37. The molecule has 2 atom stereocenters. The van der Waals surface area contributed by atoms with Crippen LogP contribution in [0.4, 0.5) is 0 Å². The predicted molar refractivity (Wildman–Crippen MR) is 56.7 cm³/mol. The largest absolute Gasteiger partial charge is 0.295 e. The monoisotopic (exact) mass is 223 g/mol. The summed E-state index contributed by atoms with van der Waals surface area (Å²) in [5, 5.41) is 1.44. The molecule has 1 N–H and O–H groups in total. The molecule has 0 bridgehead atoms. The first-order valence-corrected chi connectivity index (χ1v) is 5.09. The summed E-state index contributed by atoms with van der Waals surface area (Å²) in [6, 6.07) is 7.45. The Morgan fingerprint density at radius 3 is 2.40 bits per heavy atom. The first-order valence-electron chi connectivity index (χ1n) is 4.65. The fourth-order valence-electron chi connectivity index (χ4n) is 1.79. The Morgan fingerprint density at radius 1 is 1.20 bits per heavy atom. The molecule has 78 valence electrons. The molecule has 1 aromatic rings. The molecule has 2 rings (SSSR count). The van der Waals surface area contributed by atoms with Crippen molar-refractivity contribution in [3.63, 3.8) is 0 Å². The summed E-state index contributed by atoms with van der Waals surface area (Å²) in [4.78, 5) is 22.7. The van der Waals surface area contributed by atoms with Crippen LogP contribution in [-0.4, -0.2) is 17.2 Å². The van der Waals surface area contributed by atoms with Gasteiger partial charge in [-0.1, -0.05) is 24.3 Å². The van der Waals surface area contributed by atoms with Gasteiger partial charge in [0.05, 0.1) is 5.92 Å². The van der Waals surface area contributed by atoms with Crippen molar-refractivity contribution < 1.29 is 9.59 Å². The number of imide groups is 1. The Labute approximate surface area is 92.4 Å². The van der Waals surface area contributed by atoms with Gasteiger partial charge in [0, 0.05) is 0 Å². The highest BCUT2D eigenvalue weighted by Crippen LogP contribution is 2.30. The minimum Gasteiger partial charge on any atom is -0.295 e. The second-order valence-electron chi connectivity index (χ2n) is 3.59. The zero-order valence-electron chi connectivity index (χ0n) is 8.16. The summed E-state index contributed by atoms with van der Waals surface area (Å²) in [7, 11) is 0. The Balaban J connectivity index is 2.43. The predicted octanol–water partition coefficient (Wildman–Crippen LogP) is 1.34. The van der Waals surface area contributed by atoms with E-state index in [1.807, 2.05) is 31.2 Å². The first kappa shape index (κ1) is 10.2. The van der Waals surface area contributed by atoms with Crippen LogP contribution in [0.2, 0.25) is 0 Å². The fourth-order valence-corrected chi connectivity index (χ4v) is 2.09. The Morgan fingerprint density at radius 2 is 1.87 bits per heavy atom. The first-order chi connectivity index (χ1) is 7.11. The van der Waals surface area contributed by atoms with E-state index in [0.717, 1.165) is 11.1 Å². The molecule has 0 aliphatic carbocycles. The molecule has 0 spiro atoms. The summed E-state index contributed by atoms with van der Waals surface area (Å²) in [6.45, 7) is 1.90. The molecule has 4 heteroatoms. The summed E-state index contributed by atoms with van der Waals surface area (Å²) in [6.07, 6.45) is 0. The molecule has 1 fully saturated rings. The van der Waals surface area contributed by atoms with Gasteiger partial charge >= 0.3 is 0 Å². The lowest BCUT2D eigenvalue weighted by atomic mass is 9.93. The number of carbonyl (C=O) groups is 2. The number of aryl methyl sites for hydroxylation is 1. The zero-order valence-corrected chi connectivity index (χ0v) is 8.91. The van der Waals surface area contributed by atoms with Crippen LogP contribution in [0.1, 0.15) is 17.0 Å². The molecular weight excluding hydrogens is 214 g/mol. The average Bonchev–Trinajstić information content (AvgIpc) is 2.43. The van der Waals surface area contributed by atoms with E-state index in [1.165, 1.54) is 0 Å². The molecule has 0 radical (unpaired) electrons. The minimum atomic E-state index is -0.793. The van der Waals surface area contributed by atoms with E-state index in [1.54, 1.807) is 0 Å². The van der Waals surface area contributed by atoms with Crippen LogP contribution in [0.15, 0.2) is 24.3 Å². The molecule has 2 amide bonds. The number of hydrogen-bond donors (Lipinski definition) is 1. The number of amides is 2. The molecule has 1 saturated heterocycles. The average molecular weight is 224 g/mol. The maximum Gasteiger partial charge on any atom is 0.245 e. The van der Waals surface area contributed by atoms with Crippen molar-refractivity contribution in [1.82, 2.24) is 5.32 Å². The molecule has 1 aliphatic rings. The maximum atomic E-state index is 11.5. The lowest BCUT2D eigenvalue weighted by Crippen LogP contribution is -2.22. The maximum absolute atomic E-state index is 11.5. The minimum absolute atomic E-state index is 0.311. The van der Waals surface area contributed by atoms with Crippen molar-refractivity contribution in [3.05, 3.63) is 35.4 Å². The summed E-state index contributed by atoms with van der Waals surface area (Å²) in [5.41, 5.74) is 1.79. The van der Waals surface area contributed by atoms with Crippen LogP contribution in [0.3, 0.4) is 0 Å². The SMILES string of the molecule is Cc1ccccc1C1C(=O)NC(=O)C1Cl. The summed E-state index contributed by atoms with van der Waals surface area (Å²) < 4.78 is 0. The molecule has 1 aromatic carbocycles. The molecule has 1 aliphatic heterocycles. The lowest BCUT2D eigenvalue weighted by Gasteiger charge is -2.12. The normalized spacial score (nSPS) is 25.5. The second-order valence-corrected chi connectivity index (χ2v) is 4.06. The third kappa shape index (κ3) is 1.63. The van der Waals surface area contributed by atoms with E-state index < -0.39 is 17.2 Å². The topological polar surface area (TPSA) is 46.2 Å². The van der Waals surface area contributed by atoms with Gasteiger partial charge in [0.1, 0.15) is 5.38 Å². The highest BCUT2D eigenvalue weighted by atomic mass is 35.5. The van der Waals surface area contributed by atoms with Gasteiger partial charge in [-0.2, -0.15) is 0 Å². The van der Waals surface area contributed by atoms with E-state index in [4.69, 9.17) is 11.6 Å². The molecule has 1 heterocycles. The van der Waals surface area contributed by atoms with E-state index in [-0.39, 0.29) is 5.91 Å². The van der Waals surface area contributed by atoms with E-state index in [2.05, 4.69) is 5.32 Å². The number of halogens is 1. The molecule has 0 aromatic heterocycles. The highest BCUT2D eigenvalue weighted by Gasteiger charge is 2.41. The van der Waals surface area contributed by atoms with Gasteiger partial charge in [-0.25, -0.2) is 0 Å². The van der Waals surface area contributed by atoms with Gasteiger partial charge in [-0.3, -0.25) is 14.9 Å². The number of hydrogen-bond acceptors (Lipinski definition) is 2. The number of carbonyl (C=O) groups excluding carboxylic acids is 2. The van der Waals surface area contributed by atoms with Crippen molar-refractivity contribution in [3.8, 4) is 0 Å². The number of nitrogens with one attached hydrogen (secondary N) is 1. The molecule has 15 heavy (non-hydrogen) atoms. The van der Waals surface area contributed by atoms with Crippen molar-refractivity contribution >= 4 is 23.4 Å². The van der Waals surface area contributed by atoms with Gasteiger partial charge < -0.3 is 0 Å². The molecular formula is C11H10ClNO2. The smallest absolute Gasteiger partial charge is 0.245 e. The van der Waals surface area contributed by atoms with Crippen molar-refractivity contribution in [2.45, 2.75) is 18.2 Å². The van der Waals surface area contributed by atoms with Crippen LogP contribution in [0.5, 0.6) is 0 Å². The van der Waals surface area contributed by atoms with Gasteiger partial charge in [0.25, 0.3) is 0 Å². The van der Waals surface area contributed by atoms with Crippen molar-refractivity contribution in [2.24, 2.45) is 0 Å². The molecule has 0 saturated carbocycles. The number of rotatable bonds is 1. The Hall–Kier alpha value is -1.35.